The van der Waals surface area contributed by atoms with Crippen LogP contribution < -0.4 is 0 Å². The second kappa shape index (κ2) is 5.84. The lowest BCUT2D eigenvalue weighted by Gasteiger charge is -2.32. The third kappa shape index (κ3) is 3.07. The molecule has 1 fully saturated rings. The molecule has 1 aromatic carbocycles. The van der Waals surface area contributed by atoms with Gasteiger partial charge in [-0.25, -0.2) is 4.39 Å². The molecular weight excluding hydrogens is 284 g/mol. The van der Waals surface area contributed by atoms with Crippen LogP contribution in [0.15, 0.2) is 23.7 Å². The third-order valence-electron chi connectivity index (χ3n) is 4.22. The van der Waals surface area contributed by atoms with Crippen molar-refractivity contribution in [3.05, 3.63) is 40.6 Å². The molecule has 1 N–H and O–H groups in total. The van der Waals surface area contributed by atoms with Crippen LogP contribution in [0.25, 0.3) is 6.08 Å². The Kier molecular flexibility index (Phi) is 4.43. The van der Waals surface area contributed by atoms with Crippen LogP contribution in [0.5, 0.6) is 0 Å². The van der Waals surface area contributed by atoms with E-state index in [2.05, 4.69) is 0 Å². The van der Waals surface area contributed by atoms with Crippen molar-refractivity contribution < 1.29 is 18.8 Å². The van der Waals surface area contributed by atoms with E-state index < -0.39 is 24.1 Å². The first kappa shape index (κ1) is 16.7. The van der Waals surface area contributed by atoms with E-state index in [1.165, 1.54) is 12.1 Å². The standard InChI is InChI=1S/C16H19BFNO3/c1-15(2)16(3,4)22-17(21-15)13(10-20)7-11-5-6-14(18)8-12(11)9-19/h5-8,20H,10H2,1-4H3. The normalized spacial score (nSPS) is 20.0. The van der Waals surface area contributed by atoms with Gasteiger partial charge in [-0.2, -0.15) is 5.26 Å². The molecule has 0 aromatic heterocycles. The Labute approximate surface area is 130 Å². The van der Waals surface area contributed by atoms with E-state index in [9.17, 15) is 9.50 Å². The average Bonchev–Trinajstić information content (AvgIpc) is 2.65. The molecule has 2 rings (SSSR count). The third-order valence-corrected chi connectivity index (χ3v) is 4.22. The van der Waals surface area contributed by atoms with Gasteiger partial charge in [0.25, 0.3) is 0 Å². The van der Waals surface area contributed by atoms with Gasteiger partial charge in [-0.05, 0) is 50.9 Å². The number of hydrogen-bond donors (Lipinski definition) is 1. The zero-order valence-corrected chi connectivity index (χ0v) is 13.2. The number of rotatable bonds is 3. The molecule has 0 saturated carbocycles. The second-order valence-corrected chi connectivity index (χ2v) is 6.31. The fourth-order valence-electron chi connectivity index (χ4n) is 2.13. The van der Waals surface area contributed by atoms with Gasteiger partial charge in [0.2, 0.25) is 0 Å². The van der Waals surface area contributed by atoms with Gasteiger partial charge in [0.05, 0.1) is 29.4 Å². The van der Waals surface area contributed by atoms with Crippen LogP contribution in [-0.2, 0) is 9.31 Å². The molecule has 0 amide bonds. The zero-order chi connectivity index (χ0) is 16.5. The number of nitriles is 1. The smallest absolute Gasteiger partial charge is 0.400 e. The highest BCUT2D eigenvalue weighted by molar-refractivity contribution is 6.55. The van der Waals surface area contributed by atoms with E-state index in [1.807, 2.05) is 33.8 Å². The van der Waals surface area contributed by atoms with Crippen molar-refractivity contribution in [2.45, 2.75) is 38.9 Å². The van der Waals surface area contributed by atoms with Crippen molar-refractivity contribution in [2.24, 2.45) is 0 Å². The van der Waals surface area contributed by atoms with Crippen molar-refractivity contribution in [3.8, 4) is 6.07 Å². The maximum Gasteiger partial charge on any atom is 0.492 e. The van der Waals surface area contributed by atoms with Crippen LogP contribution in [0.4, 0.5) is 4.39 Å². The monoisotopic (exact) mass is 303 g/mol. The summed E-state index contributed by atoms with van der Waals surface area (Å²) in [7, 11) is -0.702. The van der Waals surface area contributed by atoms with Gasteiger partial charge < -0.3 is 14.4 Å². The highest BCUT2D eigenvalue weighted by Crippen LogP contribution is 2.38. The number of nitrogens with zero attached hydrogens (tertiary/aromatic N) is 1. The number of hydrogen-bond acceptors (Lipinski definition) is 4. The van der Waals surface area contributed by atoms with Gasteiger partial charge in [0, 0.05) is 0 Å². The molecule has 0 spiro atoms. The highest BCUT2D eigenvalue weighted by atomic mass is 19.1. The lowest BCUT2D eigenvalue weighted by molar-refractivity contribution is 0.00578. The first-order valence-electron chi connectivity index (χ1n) is 7.07. The largest absolute Gasteiger partial charge is 0.492 e. The minimum Gasteiger partial charge on any atom is -0.400 e. The summed E-state index contributed by atoms with van der Waals surface area (Å²) in [5, 5.41) is 18.7. The summed E-state index contributed by atoms with van der Waals surface area (Å²) < 4.78 is 24.9. The minimum atomic E-state index is -0.702. The van der Waals surface area contributed by atoms with Crippen LogP contribution in [-0.4, -0.2) is 30.0 Å². The second-order valence-electron chi connectivity index (χ2n) is 6.31. The van der Waals surface area contributed by atoms with Crippen LogP contribution in [0.3, 0.4) is 0 Å². The van der Waals surface area contributed by atoms with Crippen LogP contribution in [0.1, 0.15) is 38.8 Å². The number of halogens is 1. The Hall–Kier alpha value is -1.68. The molecule has 0 unspecified atom stereocenters. The number of benzene rings is 1. The van der Waals surface area contributed by atoms with Gasteiger partial charge in [-0.15, -0.1) is 0 Å². The van der Waals surface area contributed by atoms with E-state index in [4.69, 9.17) is 14.6 Å². The molecule has 0 aliphatic carbocycles. The first-order valence-corrected chi connectivity index (χ1v) is 7.07. The van der Waals surface area contributed by atoms with E-state index in [-0.39, 0.29) is 12.2 Å². The molecular formula is C16H19BFNO3. The van der Waals surface area contributed by atoms with E-state index in [1.54, 1.807) is 6.08 Å². The van der Waals surface area contributed by atoms with Gasteiger partial charge in [-0.3, -0.25) is 0 Å². The van der Waals surface area contributed by atoms with E-state index in [0.29, 0.717) is 11.0 Å². The Morgan fingerprint density at radius 3 is 2.41 bits per heavy atom. The lowest BCUT2D eigenvalue weighted by Crippen LogP contribution is -2.41. The fourth-order valence-corrected chi connectivity index (χ4v) is 2.13. The van der Waals surface area contributed by atoms with E-state index >= 15 is 0 Å². The fraction of sp³-hybridized carbons (Fsp3) is 0.438. The molecule has 116 valence electrons. The number of aliphatic hydroxyl groups excluding tert-OH is 1. The van der Waals surface area contributed by atoms with Crippen LogP contribution in [0.2, 0.25) is 0 Å². The van der Waals surface area contributed by atoms with Crippen molar-refractivity contribution in [1.82, 2.24) is 0 Å². The van der Waals surface area contributed by atoms with E-state index in [0.717, 1.165) is 6.07 Å². The summed E-state index contributed by atoms with van der Waals surface area (Å²) in [5.41, 5.74) is 0.159. The maximum atomic E-state index is 13.2. The van der Waals surface area contributed by atoms with Gasteiger partial charge in [0.1, 0.15) is 5.82 Å². The molecule has 1 heterocycles. The number of aliphatic hydroxyl groups is 1. The van der Waals surface area contributed by atoms with Crippen LogP contribution >= 0.6 is 0 Å². The summed E-state index contributed by atoms with van der Waals surface area (Å²) in [6, 6.07) is 5.86. The van der Waals surface area contributed by atoms with Gasteiger partial charge >= 0.3 is 7.12 Å². The van der Waals surface area contributed by atoms with Crippen molar-refractivity contribution >= 4 is 13.2 Å². The quantitative estimate of drug-likeness (QED) is 0.872. The Balaban J connectivity index is 2.36. The van der Waals surface area contributed by atoms with Crippen LogP contribution in [0, 0.1) is 17.1 Å². The molecule has 6 heteroatoms. The Bertz CT molecular complexity index is 633. The molecule has 0 radical (unpaired) electrons. The zero-order valence-electron chi connectivity index (χ0n) is 13.2. The summed E-state index contributed by atoms with van der Waals surface area (Å²) in [5.74, 6) is -0.477. The predicted octanol–water partition coefficient (Wildman–Crippen LogP) is 2.70. The SMILES string of the molecule is CC1(C)OB(C(=Cc2ccc(F)cc2C#N)CO)OC1(C)C. The molecule has 0 atom stereocenters. The average molecular weight is 303 g/mol. The lowest BCUT2D eigenvalue weighted by atomic mass is 9.77. The first-order chi connectivity index (χ1) is 10.2. The highest BCUT2D eigenvalue weighted by Gasteiger charge is 2.52. The predicted molar refractivity (Wildman–Crippen MR) is 82.3 cm³/mol. The molecule has 1 aliphatic heterocycles. The summed E-state index contributed by atoms with van der Waals surface area (Å²) in [6.45, 7) is 7.39. The summed E-state index contributed by atoms with van der Waals surface area (Å²) in [4.78, 5) is 0. The molecule has 0 bridgehead atoms. The topological polar surface area (TPSA) is 62.5 Å². The molecule has 1 aromatic rings. The summed E-state index contributed by atoms with van der Waals surface area (Å²) in [6.07, 6.45) is 1.61. The minimum absolute atomic E-state index is 0.197. The Morgan fingerprint density at radius 2 is 1.91 bits per heavy atom. The van der Waals surface area contributed by atoms with Crippen molar-refractivity contribution in [3.63, 3.8) is 0 Å². The van der Waals surface area contributed by atoms with Crippen molar-refractivity contribution in [2.75, 3.05) is 6.61 Å². The molecule has 1 saturated heterocycles. The van der Waals surface area contributed by atoms with Gasteiger partial charge in [-0.1, -0.05) is 12.1 Å². The molecule has 1 aliphatic rings. The molecule has 4 nitrogen and oxygen atoms in total. The Morgan fingerprint density at radius 1 is 1.32 bits per heavy atom. The molecule has 22 heavy (non-hydrogen) atoms. The maximum absolute atomic E-state index is 13.2. The summed E-state index contributed by atoms with van der Waals surface area (Å²) >= 11 is 0. The van der Waals surface area contributed by atoms with Gasteiger partial charge in [0.15, 0.2) is 0 Å². The van der Waals surface area contributed by atoms with Crippen molar-refractivity contribution in [1.29, 1.82) is 5.26 Å².